The number of unbranched alkanes of at least 4 members (excludes halogenated alkanes) is 1. The first kappa shape index (κ1) is 21.9. The minimum atomic E-state index is -5.28. The van der Waals surface area contributed by atoms with E-state index < -0.39 is 32.0 Å². The summed E-state index contributed by atoms with van der Waals surface area (Å²) in [6.45, 7) is 7.29. The van der Waals surface area contributed by atoms with Crippen LogP contribution in [0.1, 0.15) is 33.1 Å². The van der Waals surface area contributed by atoms with Crippen molar-refractivity contribution in [2.75, 3.05) is 13.2 Å². The molecule has 0 aromatic carbocycles. The van der Waals surface area contributed by atoms with Gasteiger partial charge in [-0.3, -0.25) is 0 Å². The number of alkyl halides is 3. The Kier molecular flexibility index (Phi) is 8.26. The van der Waals surface area contributed by atoms with Gasteiger partial charge in [-0.25, -0.2) is 9.59 Å². The highest BCUT2D eigenvalue weighted by molar-refractivity contribution is 6.70. The van der Waals surface area contributed by atoms with Crippen LogP contribution in [0.3, 0.4) is 0 Å². The molecule has 0 spiro atoms. The molecule has 0 rings (SSSR count). The Labute approximate surface area is 135 Å². The van der Waals surface area contributed by atoms with Crippen LogP contribution in [0, 0.1) is 0 Å². The van der Waals surface area contributed by atoms with Crippen LogP contribution in [-0.4, -0.2) is 45.2 Å². The third kappa shape index (κ3) is 6.13. The van der Waals surface area contributed by atoms with E-state index in [-0.39, 0.29) is 13.2 Å². The largest absolute Gasteiger partial charge is 0.463 e. The number of esters is 2. The van der Waals surface area contributed by atoms with Crippen molar-refractivity contribution in [3.63, 3.8) is 0 Å². The van der Waals surface area contributed by atoms with E-state index in [1.54, 1.807) is 13.8 Å². The van der Waals surface area contributed by atoms with Gasteiger partial charge in [0.2, 0.25) is 0 Å². The molecule has 1 atom stereocenters. The number of hydrogen-bond acceptors (Lipinski definition) is 5. The first-order valence-corrected chi connectivity index (χ1v) is 10.9. The standard InChI is InChI=1S/C14H25F3O5Si/c1-6-8-10-21-12(19)13(14(15,16)17,22-23(3,4)5)11(18)20-9-7-2/h6-10H2,1-5H3. The molecule has 0 aliphatic rings. The fourth-order valence-corrected chi connectivity index (χ4v) is 2.82. The summed E-state index contributed by atoms with van der Waals surface area (Å²) in [5, 5.41) is 0. The van der Waals surface area contributed by atoms with Crippen molar-refractivity contribution in [2.45, 2.75) is 64.5 Å². The second kappa shape index (κ2) is 8.67. The van der Waals surface area contributed by atoms with Gasteiger partial charge in [0.15, 0.2) is 8.32 Å². The Bertz CT molecular complexity index is 406. The topological polar surface area (TPSA) is 61.8 Å². The summed E-state index contributed by atoms with van der Waals surface area (Å²) >= 11 is 0. The normalized spacial score (nSPS) is 15.0. The number of carbonyl (C=O) groups is 2. The lowest BCUT2D eigenvalue weighted by molar-refractivity contribution is -0.258. The fraction of sp³-hybridized carbons (Fsp3) is 0.857. The highest BCUT2D eigenvalue weighted by Crippen LogP contribution is 2.38. The maximum absolute atomic E-state index is 13.6. The Morgan fingerprint density at radius 2 is 1.39 bits per heavy atom. The minimum absolute atomic E-state index is 0.219. The first-order valence-electron chi connectivity index (χ1n) is 7.53. The molecule has 0 radical (unpaired) electrons. The van der Waals surface area contributed by atoms with Gasteiger partial charge in [-0.2, -0.15) is 13.2 Å². The summed E-state index contributed by atoms with van der Waals surface area (Å²) in [6.07, 6.45) is -3.95. The number of hydrogen-bond donors (Lipinski definition) is 0. The molecule has 136 valence electrons. The summed E-state index contributed by atoms with van der Waals surface area (Å²) in [5.41, 5.74) is -3.72. The van der Waals surface area contributed by atoms with Gasteiger partial charge < -0.3 is 13.9 Å². The van der Waals surface area contributed by atoms with Crippen LogP contribution in [0.5, 0.6) is 0 Å². The molecular formula is C14H25F3O5Si. The zero-order valence-corrected chi connectivity index (χ0v) is 15.2. The molecule has 0 N–H and O–H groups in total. The van der Waals surface area contributed by atoms with E-state index >= 15 is 0 Å². The summed E-state index contributed by atoms with van der Waals surface area (Å²) < 4.78 is 55.2. The van der Waals surface area contributed by atoms with Crippen LogP contribution in [0.25, 0.3) is 0 Å². The third-order valence-electron chi connectivity index (χ3n) is 2.60. The highest BCUT2D eigenvalue weighted by atomic mass is 28.4. The Hall–Kier alpha value is -1.09. The van der Waals surface area contributed by atoms with Crippen LogP contribution in [-0.2, 0) is 23.5 Å². The second-order valence-corrected chi connectivity index (χ2v) is 10.4. The number of carbonyl (C=O) groups excluding carboxylic acids is 2. The molecular weight excluding hydrogens is 333 g/mol. The quantitative estimate of drug-likeness (QED) is 0.273. The lowest BCUT2D eigenvalue weighted by Gasteiger charge is -2.35. The van der Waals surface area contributed by atoms with Gasteiger partial charge in [-0.15, -0.1) is 0 Å². The van der Waals surface area contributed by atoms with E-state index in [0.717, 1.165) is 0 Å². The highest BCUT2D eigenvalue weighted by Gasteiger charge is 2.71. The van der Waals surface area contributed by atoms with Crippen LogP contribution in [0.2, 0.25) is 19.6 Å². The predicted octanol–water partition coefficient (Wildman–Crippen LogP) is 3.44. The van der Waals surface area contributed by atoms with Crippen molar-refractivity contribution in [3.05, 3.63) is 0 Å². The molecule has 0 aliphatic heterocycles. The van der Waals surface area contributed by atoms with Crippen molar-refractivity contribution in [3.8, 4) is 0 Å². The fourth-order valence-electron chi connectivity index (χ4n) is 1.62. The van der Waals surface area contributed by atoms with Gasteiger partial charge in [0.05, 0.1) is 13.2 Å². The van der Waals surface area contributed by atoms with E-state index in [9.17, 15) is 22.8 Å². The van der Waals surface area contributed by atoms with E-state index in [1.165, 1.54) is 19.6 Å². The molecule has 0 amide bonds. The van der Waals surface area contributed by atoms with Gasteiger partial charge in [0.25, 0.3) is 0 Å². The lowest BCUT2D eigenvalue weighted by atomic mass is 10.0. The summed E-state index contributed by atoms with van der Waals surface area (Å²) in [4.78, 5) is 24.2. The summed E-state index contributed by atoms with van der Waals surface area (Å²) in [5.74, 6) is -3.53. The molecule has 0 saturated heterocycles. The van der Waals surface area contributed by atoms with E-state index in [1.807, 2.05) is 0 Å². The van der Waals surface area contributed by atoms with Crippen LogP contribution >= 0.6 is 0 Å². The van der Waals surface area contributed by atoms with Crippen molar-refractivity contribution < 1.29 is 36.7 Å². The first-order chi connectivity index (χ1) is 10.4. The van der Waals surface area contributed by atoms with Gasteiger partial charge in [-0.05, 0) is 32.5 Å². The van der Waals surface area contributed by atoms with Gasteiger partial charge in [-0.1, -0.05) is 20.3 Å². The van der Waals surface area contributed by atoms with Crippen molar-refractivity contribution in [2.24, 2.45) is 0 Å². The summed E-state index contributed by atoms with van der Waals surface area (Å²) in [6, 6.07) is 0. The van der Waals surface area contributed by atoms with Gasteiger partial charge >= 0.3 is 23.7 Å². The van der Waals surface area contributed by atoms with E-state index in [0.29, 0.717) is 19.3 Å². The zero-order chi connectivity index (χ0) is 18.3. The second-order valence-electron chi connectivity index (χ2n) is 6.02. The smallest absolute Gasteiger partial charge is 0.438 e. The van der Waals surface area contributed by atoms with E-state index in [4.69, 9.17) is 4.43 Å². The molecule has 0 aromatic heterocycles. The average Bonchev–Trinajstić information content (AvgIpc) is 2.39. The third-order valence-corrected chi connectivity index (χ3v) is 3.52. The molecule has 0 fully saturated rings. The zero-order valence-electron chi connectivity index (χ0n) is 14.2. The molecule has 23 heavy (non-hydrogen) atoms. The predicted molar refractivity (Wildman–Crippen MR) is 80.3 cm³/mol. The maximum atomic E-state index is 13.6. The van der Waals surface area contributed by atoms with Crippen molar-refractivity contribution in [1.29, 1.82) is 0 Å². The van der Waals surface area contributed by atoms with E-state index in [2.05, 4.69) is 9.47 Å². The SMILES string of the molecule is CCCCOC(=O)C(O[Si](C)(C)C)(C(=O)OCCC)C(F)(F)F. The molecule has 0 aliphatic carbocycles. The van der Waals surface area contributed by atoms with Crippen molar-refractivity contribution in [1.82, 2.24) is 0 Å². The number of halogens is 3. The molecule has 0 bridgehead atoms. The number of rotatable bonds is 9. The minimum Gasteiger partial charge on any atom is -0.463 e. The molecule has 5 nitrogen and oxygen atoms in total. The Morgan fingerprint density at radius 1 is 0.913 bits per heavy atom. The molecule has 0 heterocycles. The van der Waals surface area contributed by atoms with Crippen molar-refractivity contribution >= 4 is 20.3 Å². The van der Waals surface area contributed by atoms with Gasteiger partial charge in [0, 0.05) is 0 Å². The molecule has 1 unspecified atom stereocenters. The van der Waals surface area contributed by atoms with Crippen LogP contribution in [0.15, 0.2) is 0 Å². The lowest BCUT2D eigenvalue weighted by Crippen LogP contribution is -2.64. The molecule has 0 saturated carbocycles. The molecule has 9 heteroatoms. The van der Waals surface area contributed by atoms with Crippen LogP contribution < -0.4 is 0 Å². The number of ether oxygens (including phenoxy) is 2. The van der Waals surface area contributed by atoms with Crippen LogP contribution in [0.4, 0.5) is 13.2 Å². The molecule has 0 aromatic rings. The monoisotopic (exact) mass is 358 g/mol. The Morgan fingerprint density at radius 3 is 1.74 bits per heavy atom. The Balaban J connectivity index is 5.75. The summed E-state index contributed by atoms with van der Waals surface area (Å²) in [7, 11) is -2.94. The van der Waals surface area contributed by atoms with Gasteiger partial charge in [0.1, 0.15) is 0 Å². The maximum Gasteiger partial charge on any atom is 0.438 e. The average molecular weight is 358 g/mol.